The molecule has 3 rings (SSSR count). The second kappa shape index (κ2) is 10.8. The highest BCUT2D eigenvalue weighted by atomic mass is 79.9. The summed E-state index contributed by atoms with van der Waals surface area (Å²) < 4.78 is 11.9. The Morgan fingerprint density at radius 1 is 0.900 bits per heavy atom. The number of ether oxygens (including phenoxy) is 2. The van der Waals surface area contributed by atoms with Crippen LogP contribution in [0.1, 0.15) is 25.0 Å². The Kier molecular flexibility index (Phi) is 7.86. The predicted molar refractivity (Wildman–Crippen MR) is 126 cm³/mol. The first-order valence-electron chi connectivity index (χ1n) is 9.95. The van der Waals surface area contributed by atoms with Crippen LogP contribution in [0.4, 0.5) is 0 Å². The van der Waals surface area contributed by atoms with Gasteiger partial charge in [-0.1, -0.05) is 64.5 Å². The number of halogens is 1. The zero-order valence-corrected chi connectivity index (χ0v) is 18.8. The number of carbonyl (C=O) groups excluding carboxylic acids is 1. The Labute approximate surface area is 186 Å². The molecule has 0 aliphatic rings. The van der Waals surface area contributed by atoms with E-state index in [0.717, 1.165) is 21.4 Å². The van der Waals surface area contributed by atoms with Crippen molar-refractivity contribution < 1.29 is 14.3 Å². The van der Waals surface area contributed by atoms with Crippen LogP contribution in [0.15, 0.2) is 83.3 Å². The first-order valence-corrected chi connectivity index (χ1v) is 10.7. The van der Waals surface area contributed by atoms with Crippen molar-refractivity contribution in [1.29, 1.82) is 0 Å². The summed E-state index contributed by atoms with van der Waals surface area (Å²) in [6.45, 7) is 4.78. The highest BCUT2D eigenvalue weighted by Gasteiger charge is 2.04. The van der Waals surface area contributed by atoms with E-state index in [1.807, 2.05) is 24.3 Å². The van der Waals surface area contributed by atoms with Crippen molar-refractivity contribution in [1.82, 2.24) is 0 Å². The zero-order valence-electron chi connectivity index (χ0n) is 17.2. The summed E-state index contributed by atoms with van der Waals surface area (Å²) in [5.74, 6) is 0.563. The standard InChI is InChI=1S/C26H25BrO3/c1-3-29-26(28)18-20-4-14-25(15-5-20)30-17-16-19(2)21-6-8-22(9-7-21)23-10-12-24(27)13-11-23/h4-16H,3,17-18H2,1-2H3/b19-16+. The number of carbonyl (C=O) groups is 1. The lowest BCUT2D eigenvalue weighted by Crippen LogP contribution is -2.07. The van der Waals surface area contributed by atoms with E-state index in [1.54, 1.807) is 6.92 Å². The number of allylic oxidation sites excluding steroid dienone is 1. The van der Waals surface area contributed by atoms with E-state index in [4.69, 9.17) is 9.47 Å². The van der Waals surface area contributed by atoms with Gasteiger partial charge < -0.3 is 9.47 Å². The van der Waals surface area contributed by atoms with E-state index in [9.17, 15) is 4.79 Å². The molecule has 0 heterocycles. The summed E-state index contributed by atoms with van der Waals surface area (Å²) in [5, 5.41) is 0. The van der Waals surface area contributed by atoms with Crippen LogP contribution >= 0.6 is 15.9 Å². The number of hydrogen-bond donors (Lipinski definition) is 0. The third kappa shape index (κ3) is 6.33. The highest BCUT2D eigenvalue weighted by Crippen LogP contribution is 2.24. The molecule has 154 valence electrons. The van der Waals surface area contributed by atoms with Crippen molar-refractivity contribution in [3.63, 3.8) is 0 Å². The maximum atomic E-state index is 11.5. The second-order valence-electron chi connectivity index (χ2n) is 6.91. The molecule has 0 N–H and O–H groups in total. The van der Waals surface area contributed by atoms with Gasteiger partial charge >= 0.3 is 5.97 Å². The number of benzene rings is 3. The Hall–Kier alpha value is -2.85. The van der Waals surface area contributed by atoms with Gasteiger partial charge in [-0.2, -0.15) is 0 Å². The molecule has 4 heteroatoms. The van der Waals surface area contributed by atoms with Crippen LogP contribution in [0.2, 0.25) is 0 Å². The van der Waals surface area contributed by atoms with Crippen molar-refractivity contribution in [2.24, 2.45) is 0 Å². The summed E-state index contributed by atoms with van der Waals surface area (Å²) in [4.78, 5) is 11.5. The van der Waals surface area contributed by atoms with E-state index in [1.165, 1.54) is 16.7 Å². The van der Waals surface area contributed by atoms with E-state index < -0.39 is 0 Å². The van der Waals surface area contributed by atoms with Gasteiger partial charge in [0.15, 0.2) is 0 Å². The van der Waals surface area contributed by atoms with Gasteiger partial charge in [0.25, 0.3) is 0 Å². The Morgan fingerprint density at radius 2 is 1.50 bits per heavy atom. The average Bonchev–Trinajstić information content (AvgIpc) is 2.76. The van der Waals surface area contributed by atoms with Crippen molar-refractivity contribution in [3.8, 4) is 16.9 Å². The third-order valence-electron chi connectivity index (χ3n) is 4.73. The molecular weight excluding hydrogens is 440 g/mol. The van der Waals surface area contributed by atoms with Crippen LogP contribution in [0.25, 0.3) is 16.7 Å². The molecule has 0 aliphatic carbocycles. The minimum Gasteiger partial charge on any atom is -0.490 e. The molecule has 0 bridgehead atoms. The smallest absolute Gasteiger partial charge is 0.310 e. The van der Waals surface area contributed by atoms with Crippen LogP contribution in [-0.4, -0.2) is 19.2 Å². The molecule has 30 heavy (non-hydrogen) atoms. The summed E-state index contributed by atoms with van der Waals surface area (Å²) in [5.41, 5.74) is 5.64. The molecule has 0 aromatic heterocycles. The topological polar surface area (TPSA) is 35.5 Å². The van der Waals surface area contributed by atoms with Crippen molar-refractivity contribution >= 4 is 27.5 Å². The fourth-order valence-corrected chi connectivity index (χ4v) is 3.30. The minimum absolute atomic E-state index is 0.212. The van der Waals surface area contributed by atoms with Crippen LogP contribution in [0.5, 0.6) is 5.75 Å². The summed E-state index contributed by atoms with van der Waals surface area (Å²) in [6, 6.07) is 24.4. The second-order valence-corrected chi connectivity index (χ2v) is 7.82. The number of esters is 1. The van der Waals surface area contributed by atoms with Gasteiger partial charge in [-0.05, 0) is 72.0 Å². The molecule has 3 nitrogen and oxygen atoms in total. The van der Waals surface area contributed by atoms with Gasteiger partial charge in [0.1, 0.15) is 12.4 Å². The molecule has 0 atom stereocenters. The van der Waals surface area contributed by atoms with Crippen LogP contribution in [0, 0.1) is 0 Å². The summed E-state index contributed by atoms with van der Waals surface area (Å²) in [6.07, 6.45) is 2.35. The zero-order chi connectivity index (χ0) is 21.3. The van der Waals surface area contributed by atoms with E-state index in [2.05, 4.69) is 77.5 Å². The predicted octanol–water partition coefficient (Wildman–Crippen LogP) is 6.70. The molecule has 0 aliphatic heterocycles. The molecule has 0 amide bonds. The van der Waals surface area contributed by atoms with Gasteiger partial charge in [0, 0.05) is 4.47 Å². The van der Waals surface area contributed by atoms with E-state index in [-0.39, 0.29) is 12.4 Å². The molecule has 3 aromatic rings. The van der Waals surface area contributed by atoms with Crippen molar-refractivity contribution in [2.45, 2.75) is 20.3 Å². The molecule has 0 fully saturated rings. The lowest BCUT2D eigenvalue weighted by molar-refractivity contribution is -0.142. The fraction of sp³-hybridized carbons (Fsp3) is 0.192. The van der Waals surface area contributed by atoms with Gasteiger partial charge in [0.2, 0.25) is 0 Å². The van der Waals surface area contributed by atoms with E-state index in [0.29, 0.717) is 13.2 Å². The molecule has 0 spiro atoms. The Balaban J connectivity index is 1.54. The number of rotatable bonds is 8. The first-order chi connectivity index (χ1) is 14.5. The monoisotopic (exact) mass is 464 g/mol. The highest BCUT2D eigenvalue weighted by molar-refractivity contribution is 9.10. The van der Waals surface area contributed by atoms with Crippen molar-refractivity contribution in [2.75, 3.05) is 13.2 Å². The quantitative estimate of drug-likeness (QED) is 0.347. The lowest BCUT2D eigenvalue weighted by Gasteiger charge is -2.08. The van der Waals surface area contributed by atoms with Crippen LogP contribution in [-0.2, 0) is 16.0 Å². The van der Waals surface area contributed by atoms with Gasteiger partial charge in [-0.3, -0.25) is 4.79 Å². The van der Waals surface area contributed by atoms with Gasteiger partial charge in [-0.15, -0.1) is 0 Å². The average molecular weight is 465 g/mol. The van der Waals surface area contributed by atoms with Gasteiger partial charge in [0.05, 0.1) is 13.0 Å². The van der Waals surface area contributed by atoms with Crippen LogP contribution in [0.3, 0.4) is 0 Å². The van der Waals surface area contributed by atoms with Crippen LogP contribution < -0.4 is 4.74 Å². The lowest BCUT2D eigenvalue weighted by atomic mass is 10.0. The normalized spacial score (nSPS) is 11.2. The maximum absolute atomic E-state index is 11.5. The minimum atomic E-state index is -0.212. The molecule has 0 radical (unpaired) electrons. The molecule has 3 aromatic carbocycles. The fourth-order valence-electron chi connectivity index (χ4n) is 3.03. The molecular formula is C26H25BrO3. The first kappa shape index (κ1) is 21.8. The molecule has 0 saturated heterocycles. The largest absolute Gasteiger partial charge is 0.490 e. The Morgan fingerprint density at radius 3 is 2.10 bits per heavy atom. The van der Waals surface area contributed by atoms with Gasteiger partial charge in [-0.25, -0.2) is 0 Å². The molecule has 0 saturated carbocycles. The van der Waals surface area contributed by atoms with Crippen molar-refractivity contribution in [3.05, 3.63) is 94.5 Å². The van der Waals surface area contributed by atoms with E-state index >= 15 is 0 Å². The maximum Gasteiger partial charge on any atom is 0.310 e. The summed E-state index contributed by atoms with van der Waals surface area (Å²) in [7, 11) is 0. The Bertz CT molecular complexity index is 988. The number of hydrogen-bond acceptors (Lipinski definition) is 3. The summed E-state index contributed by atoms with van der Waals surface area (Å²) >= 11 is 3.47. The SMILES string of the molecule is CCOC(=O)Cc1ccc(OC/C=C(\C)c2ccc(-c3ccc(Br)cc3)cc2)cc1. The molecule has 0 unspecified atom stereocenters. The third-order valence-corrected chi connectivity index (χ3v) is 5.26.